The van der Waals surface area contributed by atoms with Crippen LogP contribution < -0.4 is 0 Å². The van der Waals surface area contributed by atoms with Crippen molar-refractivity contribution < 1.29 is 4.79 Å². The van der Waals surface area contributed by atoms with Gasteiger partial charge in [-0.2, -0.15) is 5.10 Å². The van der Waals surface area contributed by atoms with E-state index in [1.807, 2.05) is 72.0 Å². The van der Waals surface area contributed by atoms with Crippen molar-refractivity contribution in [3.63, 3.8) is 0 Å². The summed E-state index contributed by atoms with van der Waals surface area (Å²) in [5.41, 5.74) is 5.36. The topological polar surface area (TPSA) is 77.5 Å². The maximum Gasteiger partial charge on any atom is 0.226 e. The number of rotatable bonds is 3. The molecule has 144 valence electrons. The number of carbonyl (C=O) groups excluding carboxylic acids is 1. The third-order valence-corrected chi connectivity index (χ3v) is 6.26. The predicted molar refractivity (Wildman–Crippen MR) is 115 cm³/mol. The molecule has 0 aliphatic rings. The van der Waals surface area contributed by atoms with E-state index in [4.69, 9.17) is 0 Å². The van der Waals surface area contributed by atoms with Gasteiger partial charge in [0.1, 0.15) is 4.88 Å². The smallest absolute Gasteiger partial charge is 0.226 e. The molecule has 0 aliphatic heterocycles. The van der Waals surface area contributed by atoms with Gasteiger partial charge in [-0.1, -0.05) is 53.8 Å². The highest BCUT2D eigenvalue weighted by atomic mass is 32.1. The van der Waals surface area contributed by atoms with E-state index in [-0.39, 0.29) is 11.5 Å². The van der Waals surface area contributed by atoms with Gasteiger partial charge in [-0.05, 0) is 19.1 Å². The molecule has 4 aromatic heterocycles. The van der Waals surface area contributed by atoms with Gasteiger partial charge in [0.05, 0.1) is 22.9 Å². The van der Waals surface area contributed by atoms with Crippen molar-refractivity contribution in [3.8, 4) is 11.3 Å². The quantitative estimate of drug-likeness (QED) is 0.409. The molecule has 0 unspecified atom stereocenters. The SMILES string of the molecule is Cc1c(C(=O)c2cn3nc(-c4ccccc4)cc3nn2)sc2nc3ccccc3n12. The molecule has 0 N–H and O–H groups in total. The second kappa shape index (κ2) is 6.30. The summed E-state index contributed by atoms with van der Waals surface area (Å²) in [6, 6.07) is 19.6. The number of carbonyl (C=O) groups is 1. The van der Waals surface area contributed by atoms with Crippen LogP contribution in [0, 0.1) is 6.92 Å². The minimum absolute atomic E-state index is 0.182. The summed E-state index contributed by atoms with van der Waals surface area (Å²) in [5.74, 6) is -0.182. The van der Waals surface area contributed by atoms with E-state index < -0.39 is 0 Å². The van der Waals surface area contributed by atoms with Crippen LogP contribution in [0.15, 0.2) is 66.9 Å². The van der Waals surface area contributed by atoms with Crippen LogP contribution in [0.2, 0.25) is 0 Å². The monoisotopic (exact) mass is 410 g/mol. The molecule has 7 nitrogen and oxygen atoms in total. The van der Waals surface area contributed by atoms with Gasteiger partial charge < -0.3 is 0 Å². The molecular formula is C22H14N6OS. The molecule has 6 aromatic rings. The molecule has 0 saturated carbocycles. The molecule has 0 saturated heterocycles. The number of hydrogen-bond donors (Lipinski definition) is 0. The molecule has 6 rings (SSSR count). The van der Waals surface area contributed by atoms with Crippen molar-refractivity contribution in [2.45, 2.75) is 6.92 Å². The Hall–Kier alpha value is -3.91. The molecular weight excluding hydrogens is 396 g/mol. The van der Waals surface area contributed by atoms with E-state index in [1.54, 1.807) is 10.7 Å². The number of thiazole rings is 1. The first kappa shape index (κ1) is 17.0. The van der Waals surface area contributed by atoms with Crippen molar-refractivity contribution in [1.29, 1.82) is 0 Å². The molecule has 0 amide bonds. The lowest BCUT2D eigenvalue weighted by atomic mass is 10.2. The lowest BCUT2D eigenvalue weighted by Gasteiger charge is -2.00. The van der Waals surface area contributed by atoms with Crippen LogP contribution >= 0.6 is 11.3 Å². The van der Waals surface area contributed by atoms with Crippen LogP contribution in [-0.4, -0.2) is 35.0 Å². The maximum atomic E-state index is 13.2. The first-order valence-electron chi connectivity index (χ1n) is 9.39. The third kappa shape index (κ3) is 2.47. The van der Waals surface area contributed by atoms with Gasteiger partial charge in [-0.25, -0.2) is 9.50 Å². The molecule has 0 bridgehead atoms. The lowest BCUT2D eigenvalue weighted by Crippen LogP contribution is -2.08. The van der Waals surface area contributed by atoms with E-state index >= 15 is 0 Å². The lowest BCUT2D eigenvalue weighted by molar-refractivity contribution is 0.103. The van der Waals surface area contributed by atoms with Crippen LogP contribution in [0.4, 0.5) is 0 Å². The van der Waals surface area contributed by atoms with Crippen molar-refractivity contribution in [2.75, 3.05) is 0 Å². The van der Waals surface area contributed by atoms with Crippen LogP contribution in [0.1, 0.15) is 21.1 Å². The van der Waals surface area contributed by atoms with Crippen molar-refractivity contribution in [1.82, 2.24) is 29.2 Å². The highest BCUT2D eigenvalue weighted by Gasteiger charge is 2.22. The van der Waals surface area contributed by atoms with Crippen LogP contribution in [0.5, 0.6) is 0 Å². The van der Waals surface area contributed by atoms with Gasteiger partial charge in [-0.3, -0.25) is 9.20 Å². The maximum absolute atomic E-state index is 13.2. The Kier molecular flexibility index (Phi) is 3.57. The zero-order valence-electron chi connectivity index (χ0n) is 15.9. The molecule has 8 heteroatoms. The Morgan fingerprint density at radius 1 is 1.00 bits per heavy atom. The molecule has 4 heterocycles. The minimum atomic E-state index is -0.182. The van der Waals surface area contributed by atoms with Crippen molar-refractivity contribution in [3.05, 3.63) is 83.1 Å². The number of imidazole rings is 1. The summed E-state index contributed by atoms with van der Waals surface area (Å²) in [6.07, 6.45) is 1.64. The molecule has 0 atom stereocenters. The summed E-state index contributed by atoms with van der Waals surface area (Å²) in [4.78, 5) is 19.2. The number of fused-ring (bicyclic) bond motifs is 4. The Morgan fingerprint density at radius 3 is 2.67 bits per heavy atom. The molecule has 30 heavy (non-hydrogen) atoms. The molecule has 0 spiro atoms. The van der Waals surface area contributed by atoms with Crippen LogP contribution in [-0.2, 0) is 0 Å². The minimum Gasteiger partial charge on any atom is -0.287 e. The molecule has 0 fully saturated rings. The largest absolute Gasteiger partial charge is 0.287 e. The fourth-order valence-corrected chi connectivity index (χ4v) is 4.73. The summed E-state index contributed by atoms with van der Waals surface area (Å²) >= 11 is 1.36. The van der Waals surface area contributed by atoms with Gasteiger partial charge in [0, 0.05) is 17.3 Å². The number of nitrogens with zero attached hydrogens (tertiary/aromatic N) is 6. The zero-order valence-corrected chi connectivity index (χ0v) is 16.7. The average Bonchev–Trinajstić information content (AvgIpc) is 3.45. The van der Waals surface area contributed by atoms with E-state index in [2.05, 4.69) is 20.3 Å². The third-order valence-electron chi connectivity index (χ3n) is 5.12. The summed E-state index contributed by atoms with van der Waals surface area (Å²) in [6.45, 7) is 1.93. The Labute approximate surface area is 174 Å². The number of aryl methyl sites for hydroxylation is 1. The standard InChI is InChI=1S/C22H14N6OS/c1-13-21(30-22-23-15-9-5-6-10-18(15)28(13)22)20(29)17-12-27-19(25-24-17)11-16(26-27)14-7-3-2-4-8-14/h2-12H,1H3. The Morgan fingerprint density at radius 2 is 1.80 bits per heavy atom. The highest BCUT2D eigenvalue weighted by Crippen LogP contribution is 2.29. The summed E-state index contributed by atoms with van der Waals surface area (Å²) < 4.78 is 3.62. The Bertz CT molecular complexity index is 1580. The fourth-order valence-electron chi connectivity index (χ4n) is 3.65. The summed E-state index contributed by atoms with van der Waals surface area (Å²) in [5, 5.41) is 12.9. The second-order valence-corrected chi connectivity index (χ2v) is 7.95. The van der Waals surface area contributed by atoms with E-state index in [0.29, 0.717) is 10.5 Å². The molecule has 0 aliphatic carbocycles. The average molecular weight is 410 g/mol. The Balaban J connectivity index is 1.44. The van der Waals surface area contributed by atoms with Gasteiger partial charge in [-0.15, -0.1) is 10.2 Å². The van der Waals surface area contributed by atoms with E-state index in [1.165, 1.54) is 11.3 Å². The normalized spacial score (nSPS) is 11.6. The van der Waals surface area contributed by atoms with Gasteiger partial charge in [0.15, 0.2) is 16.3 Å². The summed E-state index contributed by atoms with van der Waals surface area (Å²) in [7, 11) is 0. The van der Waals surface area contributed by atoms with Gasteiger partial charge in [0.2, 0.25) is 5.78 Å². The zero-order chi connectivity index (χ0) is 20.2. The van der Waals surface area contributed by atoms with E-state index in [9.17, 15) is 4.79 Å². The molecule has 2 aromatic carbocycles. The van der Waals surface area contributed by atoms with E-state index in [0.717, 1.165) is 32.9 Å². The first-order chi connectivity index (χ1) is 14.7. The first-order valence-corrected chi connectivity index (χ1v) is 10.2. The second-order valence-electron chi connectivity index (χ2n) is 6.98. The van der Waals surface area contributed by atoms with Crippen molar-refractivity contribution in [2.24, 2.45) is 0 Å². The number of hydrogen-bond acceptors (Lipinski definition) is 6. The number of aromatic nitrogens is 6. The van der Waals surface area contributed by atoms with Gasteiger partial charge in [0.25, 0.3) is 0 Å². The predicted octanol–water partition coefficient (Wildman–Crippen LogP) is 4.19. The van der Waals surface area contributed by atoms with Crippen LogP contribution in [0.25, 0.3) is 32.9 Å². The van der Waals surface area contributed by atoms with Crippen molar-refractivity contribution >= 4 is 38.8 Å². The number of benzene rings is 2. The molecule has 0 radical (unpaired) electrons. The van der Waals surface area contributed by atoms with Gasteiger partial charge >= 0.3 is 0 Å². The number of para-hydroxylation sites is 2. The number of ketones is 1. The fraction of sp³-hybridized carbons (Fsp3) is 0.0455. The van der Waals surface area contributed by atoms with Crippen LogP contribution in [0.3, 0.4) is 0 Å². The highest BCUT2D eigenvalue weighted by molar-refractivity contribution is 7.19.